The molecule has 20 heavy (non-hydrogen) atoms. The third-order valence-corrected chi connectivity index (χ3v) is 3.78. The lowest BCUT2D eigenvalue weighted by Gasteiger charge is -2.28. The average Bonchev–Trinajstić information content (AvgIpc) is 2.45. The lowest BCUT2D eigenvalue weighted by molar-refractivity contribution is -0.147. The maximum atomic E-state index is 11.9. The Morgan fingerprint density at radius 1 is 1.50 bits per heavy atom. The van der Waals surface area contributed by atoms with Crippen molar-refractivity contribution in [2.45, 2.75) is 18.9 Å². The summed E-state index contributed by atoms with van der Waals surface area (Å²) in [6.07, 6.45) is 2.09. The SMILES string of the molecule is CN1CCC(COC(=O)C(N)c2cccc(O)c2)CC1. The number of hydrogen-bond acceptors (Lipinski definition) is 5. The zero-order valence-corrected chi connectivity index (χ0v) is 11.8. The molecular weight excluding hydrogens is 256 g/mol. The first-order valence-corrected chi connectivity index (χ1v) is 6.96. The highest BCUT2D eigenvalue weighted by molar-refractivity contribution is 5.77. The Bertz CT molecular complexity index is 456. The molecule has 0 saturated carbocycles. The molecule has 5 heteroatoms. The van der Waals surface area contributed by atoms with Crippen molar-refractivity contribution in [1.82, 2.24) is 4.90 Å². The van der Waals surface area contributed by atoms with Gasteiger partial charge in [0, 0.05) is 0 Å². The van der Waals surface area contributed by atoms with Crippen molar-refractivity contribution in [1.29, 1.82) is 0 Å². The van der Waals surface area contributed by atoms with E-state index in [0.717, 1.165) is 25.9 Å². The fourth-order valence-electron chi connectivity index (χ4n) is 2.37. The van der Waals surface area contributed by atoms with Crippen LogP contribution in [0.1, 0.15) is 24.4 Å². The van der Waals surface area contributed by atoms with E-state index in [1.54, 1.807) is 18.2 Å². The van der Waals surface area contributed by atoms with Crippen LogP contribution in [0.25, 0.3) is 0 Å². The maximum absolute atomic E-state index is 11.9. The molecule has 3 N–H and O–H groups in total. The van der Waals surface area contributed by atoms with Gasteiger partial charge in [-0.25, -0.2) is 4.79 Å². The number of nitrogens with two attached hydrogens (primary N) is 1. The molecule has 0 aromatic heterocycles. The summed E-state index contributed by atoms with van der Waals surface area (Å²) in [5, 5.41) is 9.39. The van der Waals surface area contributed by atoms with E-state index < -0.39 is 12.0 Å². The molecule has 0 aliphatic carbocycles. The topological polar surface area (TPSA) is 75.8 Å². The fraction of sp³-hybridized carbons (Fsp3) is 0.533. The standard InChI is InChI=1S/C15H22N2O3/c1-17-7-5-11(6-8-17)10-20-15(19)14(16)12-3-2-4-13(18)9-12/h2-4,9,11,14,18H,5-8,10,16H2,1H3. The second kappa shape index (κ2) is 6.72. The van der Waals surface area contributed by atoms with E-state index in [2.05, 4.69) is 11.9 Å². The van der Waals surface area contributed by atoms with Crippen molar-refractivity contribution in [3.63, 3.8) is 0 Å². The second-order valence-corrected chi connectivity index (χ2v) is 5.45. The number of phenolic OH excluding ortho intramolecular Hbond substituents is 1. The summed E-state index contributed by atoms with van der Waals surface area (Å²) in [6, 6.07) is 5.56. The molecule has 110 valence electrons. The van der Waals surface area contributed by atoms with Crippen molar-refractivity contribution in [3.05, 3.63) is 29.8 Å². The number of nitrogens with zero attached hydrogens (tertiary/aromatic N) is 1. The van der Waals surface area contributed by atoms with Crippen LogP contribution in [-0.2, 0) is 9.53 Å². The first-order valence-electron chi connectivity index (χ1n) is 6.96. The third kappa shape index (κ3) is 3.95. The minimum Gasteiger partial charge on any atom is -0.508 e. The van der Waals surface area contributed by atoms with Crippen LogP contribution < -0.4 is 5.73 Å². The van der Waals surface area contributed by atoms with Gasteiger partial charge in [-0.1, -0.05) is 12.1 Å². The van der Waals surface area contributed by atoms with Gasteiger partial charge in [-0.3, -0.25) is 0 Å². The van der Waals surface area contributed by atoms with Crippen LogP contribution in [0.5, 0.6) is 5.75 Å². The number of phenols is 1. The van der Waals surface area contributed by atoms with Crippen molar-refractivity contribution in [3.8, 4) is 5.75 Å². The molecule has 2 rings (SSSR count). The Hall–Kier alpha value is -1.59. The summed E-state index contributed by atoms with van der Waals surface area (Å²) in [6.45, 7) is 2.51. The molecular formula is C15H22N2O3. The zero-order chi connectivity index (χ0) is 14.5. The summed E-state index contributed by atoms with van der Waals surface area (Å²) >= 11 is 0. The summed E-state index contributed by atoms with van der Waals surface area (Å²) in [5.74, 6) is 0.0853. The molecule has 1 unspecified atom stereocenters. The average molecular weight is 278 g/mol. The molecule has 0 bridgehead atoms. The predicted octanol–water partition coefficient (Wildman–Crippen LogP) is 1.28. The lowest BCUT2D eigenvalue weighted by atomic mass is 9.98. The Labute approximate surface area is 119 Å². The molecule has 0 radical (unpaired) electrons. The van der Waals surface area contributed by atoms with Gasteiger partial charge in [0.05, 0.1) is 6.61 Å². The Balaban J connectivity index is 1.82. The lowest BCUT2D eigenvalue weighted by Crippen LogP contribution is -2.33. The van der Waals surface area contributed by atoms with Gasteiger partial charge in [-0.2, -0.15) is 0 Å². The number of benzene rings is 1. The molecule has 5 nitrogen and oxygen atoms in total. The van der Waals surface area contributed by atoms with Gasteiger partial charge in [0.25, 0.3) is 0 Å². The number of piperidine rings is 1. The number of carbonyl (C=O) groups is 1. The van der Waals surface area contributed by atoms with Gasteiger partial charge in [-0.05, 0) is 56.6 Å². The Morgan fingerprint density at radius 2 is 2.20 bits per heavy atom. The predicted molar refractivity (Wildman–Crippen MR) is 76.2 cm³/mol. The summed E-state index contributed by atoms with van der Waals surface area (Å²) in [7, 11) is 2.10. The molecule has 1 aromatic rings. The summed E-state index contributed by atoms with van der Waals surface area (Å²) in [5.41, 5.74) is 6.42. The smallest absolute Gasteiger partial charge is 0.327 e. The molecule has 1 aliphatic heterocycles. The van der Waals surface area contributed by atoms with E-state index in [-0.39, 0.29) is 5.75 Å². The number of likely N-dealkylation sites (tertiary alicyclic amines) is 1. The number of esters is 1. The van der Waals surface area contributed by atoms with Crippen LogP contribution >= 0.6 is 0 Å². The van der Waals surface area contributed by atoms with E-state index in [0.29, 0.717) is 18.1 Å². The Morgan fingerprint density at radius 3 is 2.85 bits per heavy atom. The number of rotatable bonds is 4. The number of ether oxygens (including phenoxy) is 1. The fourth-order valence-corrected chi connectivity index (χ4v) is 2.37. The molecule has 1 aliphatic rings. The maximum Gasteiger partial charge on any atom is 0.327 e. The van der Waals surface area contributed by atoms with E-state index in [4.69, 9.17) is 10.5 Å². The minimum absolute atomic E-state index is 0.0982. The van der Waals surface area contributed by atoms with Crippen molar-refractivity contribution < 1.29 is 14.6 Å². The molecule has 1 fully saturated rings. The highest BCUT2D eigenvalue weighted by atomic mass is 16.5. The van der Waals surface area contributed by atoms with E-state index >= 15 is 0 Å². The normalized spacial score (nSPS) is 18.7. The number of carbonyl (C=O) groups excluding carboxylic acids is 1. The first-order chi connectivity index (χ1) is 9.56. The van der Waals surface area contributed by atoms with Crippen LogP contribution in [0.15, 0.2) is 24.3 Å². The second-order valence-electron chi connectivity index (χ2n) is 5.45. The number of hydrogen-bond donors (Lipinski definition) is 2. The van der Waals surface area contributed by atoms with Gasteiger partial charge in [-0.15, -0.1) is 0 Å². The van der Waals surface area contributed by atoms with Crippen LogP contribution in [0, 0.1) is 5.92 Å². The van der Waals surface area contributed by atoms with Gasteiger partial charge < -0.3 is 20.5 Å². The molecule has 1 atom stereocenters. The highest BCUT2D eigenvalue weighted by Gasteiger charge is 2.22. The summed E-state index contributed by atoms with van der Waals surface area (Å²) < 4.78 is 5.31. The minimum atomic E-state index is -0.839. The molecule has 1 heterocycles. The largest absolute Gasteiger partial charge is 0.508 e. The van der Waals surface area contributed by atoms with Crippen LogP contribution in [0.4, 0.5) is 0 Å². The summed E-state index contributed by atoms with van der Waals surface area (Å²) in [4.78, 5) is 14.2. The third-order valence-electron chi connectivity index (χ3n) is 3.78. The monoisotopic (exact) mass is 278 g/mol. The molecule has 1 saturated heterocycles. The molecule has 1 aromatic carbocycles. The van der Waals surface area contributed by atoms with Crippen LogP contribution in [0.3, 0.4) is 0 Å². The molecule has 0 spiro atoms. The Kier molecular flexibility index (Phi) is 4.98. The highest BCUT2D eigenvalue weighted by Crippen LogP contribution is 2.20. The first kappa shape index (κ1) is 14.8. The van der Waals surface area contributed by atoms with Crippen LogP contribution in [0.2, 0.25) is 0 Å². The van der Waals surface area contributed by atoms with Crippen LogP contribution in [-0.4, -0.2) is 42.7 Å². The molecule has 0 amide bonds. The van der Waals surface area contributed by atoms with Gasteiger partial charge in [0.15, 0.2) is 0 Å². The van der Waals surface area contributed by atoms with Crippen molar-refractivity contribution >= 4 is 5.97 Å². The van der Waals surface area contributed by atoms with Crippen molar-refractivity contribution in [2.24, 2.45) is 11.7 Å². The quantitative estimate of drug-likeness (QED) is 0.811. The van der Waals surface area contributed by atoms with Crippen molar-refractivity contribution in [2.75, 3.05) is 26.7 Å². The zero-order valence-electron chi connectivity index (χ0n) is 11.8. The van der Waals surface area contributed by atoms with Gasteiger partial charge in [0.1, 0.15) is 11.8 Å². The van der Waals surface area contributed by atoms with E-state index in [1.165, 1.54) is 6.07 Å². The van der Waals surface area contributed by atoms with Gasteiger partial charge in [0.2, 0.25) is 0 Å². The number of aromatic hydroxyl groups is 1. The van der Waals surface area contributed by atoms with Gasteiger partial charge >= 0.3 is 5.97 Å². The van der Waals surface area contributed by atoms with E-state index in [1.807, 2.05) is 0 Å². The van der Waals surface area contributed by atoms with E-state index in [9.17, 15) is 9.90 Å².